The molecule has 0 aromatic heterocycles. The second-order valence-electron chi connectivity index (χ2n) is 4.00. The van der Waals surface area contributed by atoms with Crippen molar-refractivity contribution in [1.29, 1.82) is 0 Å². The summed E-state index contributed by atoms with van der Waals surface area (Å²) in [6.07, 6.45) is 0. The van der Waals surface area contributed by atoms with Gasteiger partial charge in [-0.25, -0.2) is 0 Å². The lowest BCUT2D eigenvalue weighted by Gasteiger charge is -2.07. The number of rotatable bonds is 3. The Balaban J connectivity index is 2.55. The van der Waals surface area contributed by atoms with E-state index in [9.17, 15) is 23.4 Å². The van der Waals surface area contributed by atoms with Crippen molar-refractivity contribution in [2.45, 2.75) is 4.90 Å². The lowest BCUT2D eigenvalue weighted by atomic mass is 10.0. The van der Waals surface area contributed by atoms with Crippen molar-refractivity contribution in [2.24, 2.45) is 0 Å². The lowest BCUT2D eigenvalue weighted by Crippen LogP contribution is -2.05. The Hall–Kier alpha value is -2.38. The summed E-state index contributed by atoms with van der Waals surface area (Å²) in [5, 5.41) is 19.2. The average Bonchev–Trinajstić information content (AvgIpc) is 2.37. The Morgan fingerprint density at radius 1 is 0.950 bits per heavy atom. The van der Waals surface area contributed by atoms with Crippen LogP contribution in [0.2, 0.25) is 0 Å². The van der Waals surface area contributed by atoms with E-state index in [4.69, 9.17) is 4.55 Å². The maximum absolute atomic E-state index is 12.2. The van der Waals surface area contributed by atoms with Crippen molar-refractivity contribution in [3.8, 4) is 11.5 Å². The van der Waals surface area contributed by atoms with Gasteiger partial charge >= 0.3 is 0 Å². The average molecular weight is 294 g/mol. The van der Waals surface area contributed by atoms with Crippen LogP contribution in [0.5, 0.6) is 11.5 Å². The number of carbonyl (C=O) groups is 1. The first-order chi connectivity index (χ1) is 9.30. The molecule has 0 aliphatic rings. The summed E-state index contributed by atoms with van der Waals surface area (Å²) < 4.78 is 31.0. The van der Waals surface area contributed by atoms with Crippen LogP contribution in [0.25, 0.3) is 0 Å². The molecule has 2 aromatic rings. The molecule has 20 heavy (non-hydrogen) atoms. The first-order valence-electron chi connectivity index (χ1n) is 5.44. The number of benzene rings is 2. The van der Waals surface area contributed by atoms with Gasteiger partial charge in [0.05, 0.1) is 4.90 Å². The number of aromatic hydroxyl groups is 2. The van der Waals surface area contributed by atoms with Crippen LogP contribution in [-0.4, -0.2) is 29.0 Å². The molecule has 2 aromatic carbocycles. The molecule has 0 fully saturated rings. The number of phenolic OH excluding ortho intramolecular Hbond substituents is 2. The fourth-order valence-corrected chi connectivity index (χ4v) is 2.23. The monoisotopic (exact) mass is 294 g/mol. The standard InChI is InChI=1S/C13H10O6S/c14-10-5-2-6-11(15)12(10)13(16)8-3-1-4-9(7-8)20(17,18)19/h1-7,14-15H,(H,17,18,19). The molecule has 104 valence electrons. The molecule has 2 rings (SSSR count). The molecule has 3 N–H and O–H groups in total. The molecular formula is C13H10O6S. The number of hydrogen-bond acceptors (Lipinski definition) is 5. The predicted molar refractivity (Wildman–Crippen MR) is 69.5 cm³/mol. The Morgan fingerprint density at radius 2 is 1.50 bits per heavy atom. The van der Waals surface area contributed by atoms with Gasteiger partial charge in [0, 0.05) is 5.56 Å². The van der Waals surface area contributed by atoms with E-state index >= 15 is 0 Å². The molecule has 0 amide bonds. The number of ketones is 1. The van der Waals surface area contributed by atoms with Gasteiger partial charge < -0.3 is 10.2 Å². The Bertz CT molecular complexity index is 759. The first kappa shape index (κ1) is 14.0. The van der Waals surface area contributed by atoms with Gasteiger partial charge in [0.2, 0.25) is 5.78 Å². The van der Waals surface area contributed by atoms with Gasteiger partial charge in [0.25, 0.3) is 10.1 Å². The minimum atomic E-state index is -4.44. The fraction of sp³-hybridized carbons (Fsp3) is 0. The Kier molecular flexibility index (Phi) is 3.47. The second kappa shape index (κ2) is 4.95. The summed E-state index contributed by atoms with van der Waals surface area (Å²) in [5.74, 6) is -1.61. The highest BCUT2D eigenvalue weighted by Gasteiger charge is 2.19. The highest BCUT2D eigenvalue weighted by Crippen LogP contribution is 2.29. The van der Waals surface area contributed by atoms with Crippen molar-refractivity contribution in [3.63, 3.8) is 0 Å². The summed E-state index contributed by atoms with van der Waals surface area (Å²) in [4.78, 5) is 11.7. The number of carbonyl (C=O) groups excluding carboxylic acids is 1. The molecular weight excluding hydrogens is 284 g/mol. The van der Waals surface area contributed by atoms with Crippen LogP contribution in [0.4, 0.5) is 0 Å². The van der Waals surface area contributed by atoms with E-state index in [2.05, 4.69) is 0 Å². The van der Waals surface area contributed by atoms with E-state index in [1.807, 2.05) is 0 Å². The van der Waals surface area contributed by atoms with Gasteiger partial charge in [0.1, 0.15) is 17.1 Å². The number of phenols is 2. The van der Waals surface area contributed by atoms with Gasteiger partial charge in [-0.3, -0.25) is 9.35 Å². The second-order valence-corrected chi connectivity index (χ2v) is 5.42. The molecule has 7 heteroatoms. The summed E-state index contributed by atoms with van der Waals surface area (Å²) in [6.45, 7) is 0. The van der Waals surface area contributed by atoms with Gasteiger partial charge in [-0.1, -0.05) is 18.2 Å². The molecule has 0 atom stereocenters. The van der Waals surface area contributed by atoms with Gasteiger partial charge in [-0.2, -0.15) is 8.42 Å². The zero-order valence-corrected chi connectivity index (χ0v) is 10.8. The molecule has 6 nitrogen and oxygen atoms in total. The quantitative estimate of drug-likeness (QED) is 0.585. The molecule has 0 spiro atoms. The van der Waals surface area contributed by atoms with Crippen LogP contribution in [0, 0.1) is 0 Å². The third-order valence-electron chi connectivity index (χ3n) is 2.64. The minimum Gasteiger partial charge on any atom is -0.507 e. The lowest BCUT2D eigenvalue weighted by molar-refractivity contribution is 0.103. The third kappa shape index (κ3) is 2.63. The molecule has 0 saturated carbocycles. The maximum Gasteiger partial charge on any atom is 0.294 e. The van der Waals surface area contributed by atoms with Gasteiger partial charge in [-0.05, 0) is 24.3 Å². The van der Waals surface area contributed by atoms with E-state index in [1.54, 1.807) is 0 Å². The topological polar surface area (TPSA) is 112 Å². The van der Waals surface area contributed by atoms with E-state index in [0.29, 0.717) is 0 Å². The molecule has 0 heterocycles. The summed E-state index contributed by atoms with van der Waals surface area (Å²) in [7, 11) is -4.44. The predicted octanol–water partition coefficient (Wildman–Crippen LogP) is 1.58. The molecule has 0 radical (unpaired) electrons. The van der Waals surface area contributed by atoms with Crippen molar-refractivity contribution in [1.82, 2.24) is 0 Å². The van der Waals surface area contributed by atoms with Crippen LogP contribution < -0.4 is 0 Å². The van der Waals surface area contributed by atoms with E-state index < -0.39 is 32.3 Å². The molecule has 0 aliphatic heterocycles. The molecule has 0 aliphatic carbocycles. The highest BCUT2D eigenvalue weighted by molar-refractivity contribution is 7.85. The van der Waals surface area contributed by atoms with Crippen molar-refractivity contribution < 1.29 is 28.0 Å². The summed E-state index contributed by atoms with van der Waals surface area (Å²) in [6, 6.07) is 8.46. The smallest absolute Gasteiger partial charge is 0.294 e. The van der Waals surface area contributed by atoms with Crippen LogP contribution >= 0.6 is 0 Å². The molecule has 0 unspecified atom stereocenters. The Labute approximate surface area is 114 Å². The van der Waals surface area contributed by atoms with Crippen molar-refractivity contribution in [3.05, 3.63) is 53.6 Å². The number of hydrogen-bond donors (Lipinski definition) is 3. The van der Waals surface area contributed by atoms with Crippen LogP contribution in [-0.2, 0) is 10.1 Å². The zero-order chi connectivity index (χ0) is 14.9. The summed E-state index contributed by atoms with van der Waals surface area (Å²) in [5.41, 5.74) is -0.420. The largest absolute Gasteiger partial charge is 0.507 e. The van der Waals surface area contributed by atoms with Crippen LogP contribution in [0.1, 0.15) is 15.9 Å². The van der Waals surface area contributed by atoms with Crippen LogP contribution in [0.15, 0.2) is 47.4 Å². The van der Waals surface area contributed by atoms with Gasteiger partial charge in [0.15, 0.2) is 0 Å². The Morgan fingerprint density at radius 3 is 2.05 bits per heavy atom. The first-order valence-corrected chi connectivity index (χ1v) is 6.88. The zero-order valence-electron chi connectivity index (χ0n) is 10.0. The normalized spacial score (nSPS) is 11.2. The summed E-state index contributed by atoms with van der Waals surface area (Å²) >= 11 is 0. The molecule has 0 saturated heterocycles. The van der Waals surface area contributed by atoms with Crippen molar-refractivity contribution in [2.75, 3.05) is 0 Å². The van der Waals surface area contributed by atoms with Gasteiger partial charge in [-0.15, -0.1) is 0 Å². The molecule has 0 bridgehead atoms. The van der Waals surface area contributed by atoms with Crippen molar-refractivity contribution >= 4 is 15.9 Å². The minimum absolute atomic E-state index is 0.0862. The maximum atomic E-state index is 12.2. The van der Waals surface area contributed by atoms with Crippen LogP contribution in [0.3, 0.4) is 0 Å². The third-order valence-corrected chi connectivity index (χ3v) is 3.49. The SMILES string of the molecule is O=C(c1cccc(S(=O)(=O)O)c1)c1c(O)cccc1O. The van der Waals surface area contributed by atoms with E-state index in [0.717, 1.165) is 12.1 Å². The van der Waals surface area contributed by atoms with E-state index in [-0.39, 0.29) is 11.1 Å². The fourth-order valence-electron chi connectivity index (χ4n) is 1.70. The highest BCUT2D eigenvalue weighted by atomic mass is 32.2. The van der Waals surface area contributed by atoms with E-state index in [1.165, 1.54) is 30.3 Å².